The van der Waals surface area contributed by atoms with E-state index in [-0.39, 0.29) is 0 Å². The Hall–Kier alpha value is -0.300. The Balaban J connectivity index is 1.86. The van der Waals surface area contributed by atoms with Crippen molar-refractivity contribution in [1.29, 1.82) is 0 Å². The van der Waals surface area contributed by atoms with Gasteiger partial charge in [0, 0.05) is 18.8 Å². The second kappa shape index (κ2) is 4.91. The minimum absolute atomic E-state index is 0.506. The van der Waals surface area contributed by atoms with Crippen LogP contribution in [0.25, 0.3) is 0 Å². The molecule has 1 aliphatic carbocycles. The van der Waals surface area contributed by atoms with Crippen LogP contribution in [0.5, 0.6) is 0 Å². The van der Waals surface area contributed by atoms with Gasteiger partial charge in [0.1, 0.15) is 5.54 Å². The van der Waals surface area contributed by atoms with Crippen LogP contribution in [0.3, 0.4) is 0 Å². The van der Waals surface area contributed by atoms with E-state index in [1.54, 1.807) is 0 Å². The zero-order chi connectivity index (χ0) is 13.5. The van der Waals surface area contributed by atoms with Crippen LogP contribution in [0.15, 0.2) is 11.1 Å². The summed E-state index contributed by atoms with van der Waals surface area (Å²) in [6.45, 7) is 7.81. The van der Waals surface area contributed by atoms with E-state index >= 15 is 0 Å². The van der Waals surface area contributed by atoms with Crippen molar-refractivity contribution in [3.63, 3.8) is 0 Å². The van der Waals surface area contributed by atoms with Gasteiger partial charge in [-0.05, 0) is 44.6 Å². The molecule has 2 aliphatic heterocycles. The molecule has 0 N–H and O–H groups in total. The summed E-state index contributed by atoms with van der Waals surface area (Å²) >= 11 is 0. The van der Waals surface area contributed by atoms with Gasteiger partial charge < -0.3 is 4.48 Å². The molecule has 0 aromatic rings. The van der Waals surface area contributed by atoms with Crippen LogP contribution < -0.4 is 0 Å². The highest BCUT2D eigenvalue weighted by molar-refractivity contribution is 5.29. The van der Waals surface area contributed by atoms with Crippen molar-refractivity contribution in [3.05, 3.63) is 11.1 Å². The van der Waals surface area contributed by atoms with Gasteiger partial charge in [-0.2, -0.15) is 0 Å². The molecule has 0 aromatic heterocycles. The second-order valence-corrected chi connectivity index (χ2v) is 7.83. The third-order valence-corrected chi connectivity index (χ3v) is 6.64. The number of quaternary nitrogens is 1. The summed E-state index contributed by atoms with van der Waals surface area (Å²) in [5, 5.41) is 0. The average Bonchev–Trinajstić information content (AvgIpc) is 2.69. The SMILES string of the molecule is CCCC[C@@H]1C[C@]2(C)C3=C(CCCC3)CC[N+]2(C)C1. The van der Waals surface area contributed by atoms with E-state index in [9.17, 15) is 0 Å². The number of likely N-dealkylation sites (N-methyl/N-ethyl adjacent to an activating group) is 1. The number of unbranched alkanes of at least 4 members (excludes halogenated alkanes) is 1. The molecule has 0 bridgehead atoms. The molecule has 19 heavy (non-hydrogen) atoms. The first-order valence-electron chi connectivity index (χ1n) is 8.65. The summed E-state index contributed by atoms with van der Waals surface area (Å²) in [4.78, 5) is 0. The van der Waals surface area contributed by atoms with Crippen molar-refractivity contribution in [2.24, 2.45) is 5.92 Å². The van der Waals surface area contributed by atoms with Crippen molar-refractivity contribution in [1.82, 2.24) is 0 Å². The fraction of sp³-hybridized carbons (Fsp3) is 0.889. The van der Waals surface area contributed by atoms with Gasteiger partial charge >= 0.3 is 0 Å². The standard InChI is InChI=1S/C18H32N/c1-4-5-8-15-13-18(2)17-10-7-6-9-16(17)11-12-19(18,3)14-15/h15H,4-14H2,1-3H3/q+1/t15-,18-,19?/m1/s1. The van der Waals surface area contributed by atoms with Gasteiger partial charge in [-0.15, -0.1) is 0 Å². The summed E-state index contributed by atoms with van der Waals surface area (Å²) in [6, 6.07) is 0. The molecule has 1 nitrogen and oxygen atoms in total. The lowest BCUT2D eigenvalue weighted by Crippen LogP contribution is -2.60. The molecule has 3 aliphatic rings. The minimum Gasteiger partial charge on any atom is -0.317 e. The van der Waals surface area contributed by atoms with E-state index in [1.807, 2.05) is 11.1 Å². The first-order chi connectivity index (χ1) is 9.09. The van der Waals surface area contributed by atoms with Crippen molar-refractivity contribution in [2.45, 2.75) is 77.2 Å². The quantitative estimate of drug-likeness (QED) is 0.512. The van der Waals surface area contributed by atoms with Crippen molar-refractivity contribution in [3.8, 4) is 0 Å². The molecule has 0 amide bonds. The zero-order valence-electron chi connectivity index (χ0n) is 13.3. The van der Waals surface area contributed by atoms with Gasteiger partial charge in [-0.3, -0.25) is 0 Å². The maximum atomic E-state index is 2.61. The maximum absolute atomic E-state index is 2.61. The highest BCUT2D eigenvalue weighted by Gasteiger charge is 2.56. The highest BCUT2D eigenvalue weighted by Crippen LogP contribution is 2.52. The summed E-state index contributed by atoms with van der Waals surface area (Å²) in [6.07, 6.45) is 12.9. The van der Waals surface area contributed by atoms with Crippen LogP contribution in [0.1, 0.15) is 71.6 Å². The molecule has 2 heterocycles. The summed E-state index contributed by atoms with van der Waals surface area (Å²) < 4.78 is 1.36. The Morgan fingerprint density at radius 1 is 1.21 bits per heavy atom. The third kappa shape index (κ3) is 2.09. The predicted octanol–water partition coefficient (Wildman–Crippen LogP) is 4.68. The number of nitrogens with zero attached hydrogens (tertiary/aromatic N) is 1. The number of fused-ring (bicyclic) bond motifs is 2. The summed E-state index contributed by atoms with van der Waals surface area (Å²) in [7, 11) is 2.56. The monoisotopic (exact) mass is 262 g/mol. The van der Waals surface area contributed by atoms with Gasteiger partial charge in [0.15, 0.2) is 0 Å². The smallest absolute Gasteiger partial charge is 0.118 e. The molecule has 108 valence electrons. The predicted molar refractivity (Wildman–Crippen MR) is 82.1 cm³/mol. The van der Waals surface area contributed by atoms with Crippen molar-refractivity contribution >= 4 is 0 Å². The highest BCUT2D eigenvalue weighted by atomic mass is 15.4. The van der Waals surface area contributed by atoms with Crippen LogP contribution in [0.2, 0.25) is 0 Å². The van der Waals surface area contributed by atoms with Crippen molar-refractivity contribution < 1.29 is 4.48 Å². The fourth-order valence-electron chi connectivity index (χ4n) is 5.37. The molecular weight excluding hydrogens is 230 g/mol. The van der Waals surface area contributed by atoms with Crippen LogP contribution in [0.4, 0.5) is 0 Å². The molecule has 0 saturated carbocycles. The molecule has 0 aromatic carbocycles. The minimum atomic E-state index is 0.506. The largest absolute Gasteiger partial charge is 0.317 e. The molecule has 1 heteroatoms. The molecule has 1 fully saturated rings. The first-order valence-corrected chi connectivity index (χ1v) is 8.65. The van der Waals surface area contributed by atoms with Gasteiger partial charge in [-0.1, -0.05) is 25.3 Å². The fourth-order valence-corrected chi connectivity index (χ4v) is 5.37. The average molecular weight is 262 g/mol. The molecule has 3 atom stereocenters. The van der Waals surface area contributed by atoms with E-state index < -0.39 is 0 Å². The third-order valence-electron chi connectivity index (χ3n) is 6.64. The Morgan fingerprint density at radius 2 is 2.00 bits per heavy atom. The van der Waals surface area contributed by atoms with Gasteiger partial charge in [0.25, 0.3) is 0 Å². The lowest BCUT2D eigenvalue weighted by Gasteiger charge is -2.51. The van der Waals surface area contributed by atoms with Crippen LogP contribution in [0, 0.1) is 5.92 Å². The summed E-state index contributed by atoms with van der Waals surface area (Å²) in [5.41, 5.74) is 4.29. The van der Waals surface area contributed by atoms with E-state index in [0.29, 0.717) is 5.54 Å². The molecule has 1 unspecified atom stereocenters. The molecule has 3 rings (SSSR count). The second-order valence-electron chi connectivity index (χ2n) is 7.83. The van der Waals surface area contributed by atoms with Gasteiger partial charge in [0.2, 0.25) is 0 Å². The van der Waals surface area contributed by atoms with Crippen LogP contribution in [-0.4, -0.2) is 30.2 Å². The first kappa shape index (κ1) is 13.7. The Bertz CT molecular complexity index is 383. The lowest BCUT2D eigenvalue weighted by molar-refractivity contribution is -0.942. The van der Waals surface area contributed by atoms with Gasteiger partial charge in [0.05, 0.1) is 20.1 Å². The summed E-state index contributed by atoms with van der Waals surface area (Å²) in [5.74, 6) is 0.990. The topological polar surface area (TPSA) is 0 Å². The number of hydrogen-bond donors (Lipinski definition) is 0. The maximum Gasteiger partial charge on any atom is 0.118 e. The van der Waals surface area contributed by atoms with E-state index in [2.05, 4.69) is 20.9 Å². The number of hydrogen-bond acceptors (Lipinski definition) is 0. The Labute approximate surface area is 119 Å². The molecule has 0 radical (unpaired) electrons. The normalized spacial score (nSPS) is 42.2. The molecular formula is C18H32N+. The van der Waals surface area contributed by atoms with Crippen molar-refractivity contribution in [2.75, 3.05) is 20.1 Å². The Morgan fingerprint density at radius 3 is 2.79 bits per heavy atom. The van der Waals surface area contributed by atoms with Crippen LogP contribution in [-0.2, 0) is 0 Å². The Kier molecular flexibility index (Phi) is 3.53. The molecule has 0 spiro atoms. The van der Waals surface area contributed by atoms with Gasteiger partial charge in [-0.25, -0.2) is 0 Å². The van der Waals surface area contributed by atoms with E-state index in [1.165, 1.54) is 75.4 Å². The zero-order valence-corrected chi connectivity index (χ0v) is 13.3. The number of rotatable bonds is 3. The lowest BCUT2D eigenvalue weighted by atomic mass is 9.73. The van der Waals surface area contributed by atoms with E-state index in [0.717, 1.165) is 5.92 Å². The molecule has 1 saturated heterocycles. The van der Waals surface area contributed by atoms with E-state index in [4.69, 9.17) is 0 Å². The van der Waals surface area contributed by atoms with Crippen LogP contribution >= 0.6 is 0 Å².